The van der Waals surface area contributed by atoms with Crippen molar-refractivity contribution in [1.82, 2.24) is 9.99 Å². The minimum atomic E-state index is -1.61. The van der Waals surface area contributed by atoms with Gasteiger partial charge in [-0.05, 0) is 109 Å². The molecule has 2 N–H and O–H groups in total. The van der Waals surface area contributed by atoms with Crippen molar-refractivity contribution in [3.63, 3.8) is 0 Å². The van der Waals surface area contributed by atoms with E-state index in [1.807, 2.05) is 30.3 Å². The van der Waals surface area contributed by atoms with Crippen molar-refractivity contribution < 1.29 is 33.4 Å². The number of hydrazine groups is 1. The number of methoxy groups -OCH3 is 1. The summed E-state index contributed by atoms with van der Waals surface area (Å²) in [5, 5.41) is 12.2. The number of ether oxygens (including phenoxy) is 1. The van der Waals surface area contributed by atoms with Gasteiger partial charge in [-0.3, -0.25) is 29.5 Å². The van der Waals surface area contributed by atoms with Crippen LogP contribution in [0.4, 0.5) is 11.4 Å². The number of hydrogen-bond acceptors (Lipinski definition) is 9. The van der Waals surface area contributed by atoms with Crippen LogP contribution in [0.3, 0.4) is 0 Å². The smallest absolute Gasteiger partial charge is 0.260 e. The van der Waals surface area contributed by atoms with E-state index in [2.05, 4.69) is 10.4 Å². The van der Waals surface area contributed by atoms with Crippen molar-refractivity contribution in [3.8, 4) is 23.0 Å². The summed E-state index contributed by atoms with van der Waals surface area (Å²) in [6, 6.07) is 30.5. The standard InChI is InChI=1S/C46H33Cl3N4O7/c1-59-28-14-8-24(9-15-28)46-33(43(56)53(45(46)58)51-36-19-10-25(47)20-35(36)49)22-32-29(40(46)30-16-13-27(54)21-34(30)48)17-18-31-39(32)44(57)52(42(31)55)26-11-6-23(7-12-26)41-50-37-4-2-3-5-38(37)60-41/h2-17,19-21,31-33,39-40,51,54H,18,22H2,1H3. The van der Waals surface area contributed by atoms with Gasteiger partial charge in [0.2, 0.25) is 17.7 Å². The summed E-state index contributed by atoms with van der Waals surface area (Å²) in [6.07, 6.45) is 2.21. The zero-order valence-electron chi connectivity index (χ0n) is 31.6. The molecule has 4 amide bonds. The molecule has 60 heavy (non-hydrogen) atoms. The summed E-state index contributed by atoms with van der Waals surface area (Å²) >= 11 is 19.8. The largest absolute Gasteiger partial charge is 0.508 e. The van der Waals surface area contributed by atoms with Crippen LogP contribution in [0.15, 0.2) is 125 Å². The molecule has 6 atom stereocenters. The molecular formula is C46H33Cl3N4O7. The topological polar surface area (TPSA) is 142 Å². The zero-order chi connectivity index (χ0) is 41.6. The monoisotopic (exact) mass is 858 g/mol. The highest BCUT2D eigenvalue weighted by molar-refractivity contribution is 6.36. The van der Waals surface area contributed by atoms with Gasteiger partial charge in [-0.15, -0.1) is 0 Å². The van der Waals surface area contributed by atoms with Crippen molar-refractivity contribution in [3.05, 3.63) is 147 Å². The van der Waals surface area contributed by atoms with Gasteiger partial charge >= 0.3 is 0 Å². The highest BCUT2D eigenvalue weighted by Crippen LogP contribution is 2.65. The van der Waals surface area contributed by atoms with E-state index in [0.29, 0.717) is 55.7 Å². The summed E-state index contributed by atoms with van der Waals surface area (Å²) in [6.45, 7) is 0. The molecule has 10 rings (SSSR count). The Morgan fingerprint density at radius 3 is 2.32 bits per heavy atom. The van der Waals surface area contributed by atoms with E-state index in [4.69, 9.17) is 44.0 Å². The molecule has 2 aliphatic carbocycles. The molecule has 6 aromatic rings. The molecule has 4 aliphatic rings. The number of anilines is 2. The Labute approximate surface area is 358 Å². The molecule has 1 aromatic heterocycles. The number of halogens is 3. The minimum Gasteiger partial charge on any atom is -0.508 e. The van der Waals surface area contributed by atoms with Gasteiger partial charge in [-0.2, -0.15) is 5.01 Å². The second kappa shape index (κ2) is 14.3. The van der Waals surface area contributed by atoms with Crippen LogP contribution in [0.1, 0.15) is 29.9 Å². The van der Waals surface area contributed by atoms with Crippen molar-refractivity contribution >= 4 is 80.9 Å². The first kappa shape index (κ1) is 38.1. The molecule has 6 unspecified atom stereocenters. The maximum absolute atomic E-state index is 15.5. The van der Waals surface area contributed by atoms with Crippen molar-refractivity contribution in [2.24, 2.45) is 23.7 Å². The van der Waals surface area contributed by atoms with Crippen LogP contribution < -0.4 is 15.1 Å². The van der Waals surface area contributed by atoms with Crippen LogP contribution in [0.2, 0.25) is 15.1 Å². The Balaban J connectivity index is 1.09. The van der Waals surface area contributed by atoms with E-state index in [-0.39, 0.29) is 40.2 Å². The molecular weight excluding hydrogens is 827 g/mol. The molecule has 3 fully saturated rings. The number of rotatable bonds is 7. The van der Waals surface area contributed by atoms with E-state index in [9.17, 15) is 14.7 Å². The summed E-state index contributed by atoms with van der Waals surface area (Å²) in [7, 11) is 1.53. The molecule has 14 heteroatoms. The number of allylic oxidation sites excluding steroid dienone is 2. The second-order valence-electron chi connectivity index (χ2n) is 15.5. The summed E-state index contributed by atoms with van der Waals surface area (Å²) in [4.78, 5) is 65.5. The number of phenols is 1. The highest BCUT2D eigenvalue weighted by atomic mass is 35.5. The summed E-state index contributed by atoms with van der Waals surface area (Å²) in [5.74, 6) is -5.21. The van der Waals surface area contributed by atoms with Crippen LogP contribution in [0.25, 0.3) is 22.6 Å². The number of para-hydroxylation sites is 2. The van der Waals surface area contributed by atoms with E-state index < -0.39 is 52.7 Å². The molecule has 1 saturated carbocycles. The Bertz CT molecular complexity index is 2790. The molecule has 300 valence electrons. The van der Waals surface area contributed by atoms with Crippen molar-refractivity contribution in [2.45, 2.75) is 24.2 Å². The van der Waals surface area contributed by atoms with Crippen molar-refractivity contribution in [1.29, 1.82) is 0 Å². The van der Waals surface area contributed by atoms with E-state index >= 15 is 9.59 Å². The quantitative estimate of drug-likeness (QED) is 0.119. The summed E-state index contributed by atoms with van der Waals surface area (Å²) in [5.41, 5.74) is 5.76. The Morgan fingerprint density at radius 1 is 0.833 bits per heavy atom. The second-order valence-corrected chi connectivity index (χ2v) is 16.7. The Hall–Kier alpha value is -6.14. The number of carbonyl (C=O) groups is 4. The lowest BCUT2D eigenvalue weighted by Gasteiger charge is -2.50. The number of phenolic OH excluding ortho intramolecular Hbond substituents is 1. The molecule has 2 aliphatic heterocycles. The number of nitrogens with one attached hydrogen (secondary N) is 1. The molecule has 0 bridgehead atoms. The van der Waals surface area contributed by atoms with Gasteiger partial charge in [-0.1, -0.05) is 76.8 Å². The fraction of sp³-hybridized carbons (Fsp3) is 0.196. The third kappa shape index (κ3) is 5.67. The molecule has 5 aromatic carbocycles. The predicted molar refractivity (Wildman–Crippen MR) is 226 cm³/mol. The van der Waals surface area contributed by atoms with Gasteiger partial charge in [0.05, 0.1) is 46.7 Å². The van der Waals surface area contributed by atoms with Crippen LogP contribution in [0, 0.1) is 23.7 Å². The Morgan fingerprint density at radius 2 is 1.60 bits per heavy atom. The van der Waals surface area contributed by atoms with E-state index in [1.54, 1.807) is 66.7 Å². The number of aromatic hydroxyl groups is 1. The van der Waals surface area contributed by atoms with Crippen LogP contribution in [-0.2, 0) is 24.6 Å². The third-order valence-corrected chi connectivity index (χ3v) is 13.4. The fourth-order valence-corrected chi connectivity index (χ4v) is 10.7. The first-order valence-electron chi connectivity index (χ1n) is 19.3. The molecule has 0 radical (unpaired) electrons. The number of nitrogens with zero attached hydrogens (tertiary/aromatic N) is 3. The molecule has 3 heterocycles. The van der Waals surface area contributed by atoms with Gasteiger partial charge in [0.15, 0.2) is 5.58 Å². The van der Waals surface area contributed by atoms with Gasteiger partial charge in [0, 0.05) is 21.5 Å². The van der Waals surface area contributed by atoms with Gasteiger partial charge in [0.25, 0.3) is 11.8 Å². The molecule has 11 nitrogen and oxygen atoms in total. The number of amides is 4. The normalized spacial score (nSPS) is 24.7. The van der Waals surface area contributed by atoms with E-state index in [1.165, 1.54) is 30.2 Å². The number of hydrogen-bond donors (Lipinski definition) is 2. The number of fused-ring (bicyclic) bond motifs is 5. The predicted octanol–water partition coefficient (Wildman–Crippen LogP) is 9.36. The first-order valence-corrected chi connectivity index (χ1v) is 20.4. The Kier molecular flexibility index (Phi) is 9.05. The third-order valence-electron chi connectivity index (χ3n) is 12.5. The van der Waals surface area contributed by atoms with Crippen LogP contribution in [0.5, 0.6) is 11.5 Å². The number of aromatic nitrogens is 1. The fourth-order valence-electron chi connectivity index (χ4n) is 9.94. The average Bonchev–Trinajstić information content (AvgIpc) is 3.86. The number of imide groups is 2. The van der Waals surface area contributed by atoms with Crippen LogP contribution >= 0.6 is 34.8 Å². The maximum Gasteiger partial charge on any atom is 0.260 e. The number of carbonyl (C=O) groups excluding carboxylic acids is 4. The lowest BCUT2D eigenvalue weighted by molar-refractivity contribution is -0.138. The molecule has 2 saturated heterocycles. The van der Waals surface area contributed by atoms with Crippen molar-refractivity contribution in [2.75, 3.05) is 17.4 Å². The SMILES string of the molecule is COc1ccc(C23C(=O)N(Nc4ccc(Cl)cc4Cl)C(=O)C2CC2C(=CCC4C(=O)N(c5ccc(-c6nc7ccccc7o6)cc5)C(=O)C42)C3c2ccc(O)cc2Cl)cc1. The average molecular weight is 860 g/mol. The lowest BCUT2D eigenvalue weighted by atomic mass is 9.49. The number of oxazole rings is 1. The zero-order valence-corrected chi connectivity index (χ0v) is 33.9. The maximum atomic E-state index is 15.5. The van der Waals surface area contributed by atoms with E-state index in [0.717, 1.165) is 5.01 Å². The van der Waals surface area contributed by atoms with Crippen LogP contribution in [-0.4, -0.2) is 45.8 Å². The van der Waals surface area contributed by atoms with Gasteiger partial charge in [0.1, 0.15) is 17.0 Å². The number of benzene rings is 5. The minimum absolute atomic E-state index is 0.0614. The first-order chi connectivity index (χ1) is 29.0. The summed E-state index contributed by atoms with van der Waals surface area (Å²) < 4.78 is 11.4. The highest BCUT2D eigenvalue weighted by Gasteiger charge is 2.70. The van der Waals surface area contributed by atoms with Gasteiger partial charge in [-0.25, -0.2) is 4.98 Å². The van der Waals surface area contributed by atoms with Gasteiger partial charge < -0.3 is 14.3 Å². The lowest BCUT2D eigenvalue weighted by Crippen LogP contribution is -2.53. The molecule has 0 spiro atoms.